The van der Waals surface area contributed by atoms with Crippen molar-refractivity contribution in [3.05, 3.63) is 59.1 Å². The standard InChI is InChI=1S/C27H24O16/c28-10-4-14-20-11(6-16(40-14)26(37)38)25(24(41-15(20)5-10)9-1-2-12(29)13(30)3-9)43-27-23(36)22(35)21(34)17(42-27)8-39-19(33)7-18(31)32/h1-6,17,21-24,27-30,34-36H,7-8H2,(H,31,32)(H,37,38)/t17-,21-,22+,23-,24?,27+/m1/s1. The number of aromatic hydroxyl groups is 3. The molecule has 6 atom stereocenters. The third-order valence-electron chi connectivity index (χ3n) is 6.69. The van der Waals surface area contributed by atoms with Crippen LogP contribution in [0, 0.1) is 0 Å². The number of carbonyl (C=O) groups is 3. The number of hydrogen-bond donors (Lipinski definition) is 8. The van der Waals surface area contributed by atoms with Crippen LogP contribution in [0.2, 0.25) is 0 Å². The summed E-state index contributed by atoms with van der Waals surface area (Å²) in [6, 6.07) is 5.91. The van der Waals surface area contributed by atoms with Crippen LogP contribution in [0.5, 0.6) is 28.7 Å². The highest BCUT2D eigenvalue weighted by Gasteiger charge is 2.47. The molecular weight excluding hydrogens is 580 g/mol. The molecular formula is C27H24O16. The summed E-state index contributed by atoms with van der Waals surface area (Å²) in [7, 11) is 0. The van der Waals surface area contributed by atoms with Gasteiger partial charge in [-0.15, -0.1) is 0 Å². The molecule has 16 heteroatoms. The van der Waals surface area contributed by atoms with Gasteiger partial charge < -0.3 is 64.5 Å². The van der Waals surface area contributed by atoms with Gasteiger partial charge in [-0.05, 0) is 12.1 Å². The monoisotopic (exact) mass is 604 g/mol. The number of hydrogen-bond acceptors (Lipinski definition) is 14. The van der Waals surface area contributed by atoms with E-state index in [1.807, 2.05) is 0 Å². The first-order valence-electron chi connectivity index (χ1n) is 12.5. The highest BCUT2D eigenvalue weighted by atomic mass is 16.7. The molecule has 0 amide bonds. The Morgan fingerprint density at radius 3 is 2.28 bits per heavy atom. The Balaban J connectivity index is 1.58. The molecule has 2 aromatic carbocycles. The van der Waals surface area contributed by atoms with Crippen LogP contribution < -0.4 is 9.47 Å². The number of rotatable bonds is 8. The first-order chi connectivity index (χ1) is 20.3. The van der Waals surface area contributed by atoms with Gasteiger partial charge in [0.15, 0.2) is 23.4 Å². The largest absolute Gasteiger partial charge is 0.508 e. The van der Waals surface area contributed by atoms with Crippen molar-refractivity contribution in [1.82, 2.24) is 0 Å². The summed E-state index contributed by atoms with van der Waals surface area (Å²) in [4.78, 5) is 34.4. The Morgan fingerprint density at radius 1 is 0.884 bits per heavy atom. The molecule has 0 spiro atoms. The van der Waals surface area contributed by atoms with Crippen molar-refractivity contribution in [3.8, 4) is 28.7 Å². The number of allylic oxidation sites excluding steroid dienone is 2. The van der Waals surface area contributed by atoms with E-state index in [0.29, 0.717) is 0 Å². The number of ether oxygens (including phenoxy) is 5. The molecule has 16 nitrogen and oxygen atoms in total. The third kappa shape index (κ3) is 5.71. The van der Waals surface area contributed by atoms with Crippen molar-refractivity contribution in [2.24, 2.45) is 0 Å². The number of benzene rings is 2. The van der Waals surface area contributed by atoms with Gasteiger partial charge in [0.2, 0.25) is 12.0 Å². The molecule has 2 aromatic rings. The zero-order chi connectivity index (χ0) is 31.2. The molecule has 5 rings (SSSR count). The summed E-state index contributed by atoms with van der Waals surface area (Å²) in [5, 5.41) is 80.3. The molecule has 43 heavy (non-hydrogen) atoms. The first kappa shape index (κ1) is 29.5. The summed E-state index contributed by atoms with van der Waals surface area (Å²) in [5.74, 6) is -6.50. The molecule has 0 radical (unpaired) electrons. The maximum Gasteiger partial charge on any atom is 0.371 e. The second kappa shape index (κ2) is 11.3. The fourth-order valence-corrected chi connectivity index (χ4v) is 4.66. The van der Waals surface area contributed by atoms with Crippen LogP contribution in [0.3, 0.4) is 0 Å². The van der Waals surface area contributed by atoms with Crippen LogP contribution >= 0.6 is 0 Å². The molecule has 1 unspecified atom stereocenters. The summed E-state index contributed by atoms with van der Waals surface area (Å²) < 4.78 is 27.8. The second-order valence-corrected chi connectivity index (χ2v) is 9.64. The number of esters is 1. The minimum Gasteiger partial charge on any atom is -0.508 e. The minimum atomic E-state index is -1.94. The lowest BCUT2D eigenvalue weighted by atomic mass is 9.92. The number of aliphatic hydroxyl groups excluding tert-OH is 3. The molecule has 3 aliphatic rings. The average molecular weight is 604 g/mol. The molecule has 228 valence electrons. The zero-order valence-corrected chi connectivity index (χ0v) is 21.7. The Morgan fingerprint density at radius 2 is 1.60 bits per heavy atom. The fraction of sp³-hybridized carbons (Fsp3) is 0.296. The van der Waals surface area contributed by atoms with E-state index in [-0.39, 0.29) is 39.7 Å². The van der Waals surface area contributed by atoms with Gasteiger partial charge in [0, 0.05) is 29.3 Å². The number of phenolic OH excluding ortho intramolecular Hbond substituents is 3. The van der Waals surface area contributed by atoms with Crippen molar-refractivity contribution in [2.45, 2.75) is 43.2 Å². The van der Waals surface area contributed by atoms with Crippen LogP contribution in [0.4, 0.5) is 0 Å². The molecule has 0 bridgehead atoms. The fourth-order valence-electron chi connectivity index (χ4n) is 4.66. The molecule has 1 fully saturated rings. The lowest BCUT2D eigenvalue weighted by Gasteiger charge is -2.42. The maximum absolute atomic E-state index is 11.9. The summed E-state index contributed by atoms with van der Waals surface area (Å²) in [5.41, 5.74) is 0.274. The van der Waals surface area contributed by atoms with Crippen LogP contribution in [0.1, 0.15) is 23.7 Å². The van der Waals surface area contributed by atoms with E-state index in [9.17, 15) is 50.1 Å². The van der Waals surface area contributed by atoms with E-state index >= 15 is 0 Å². The quantitative estimate of drug-likeness (QED) is 0.111. The Bertz CT molecular complexity index is 1540. The molecule has 3 heterocycles. The SMILES string of the molecule is O=C(O)CC(=O)OC[C@H]1O[C@@H](OC2=C3C=C(C(=O)O)Oc4cc(O)cc(c43)OC2c2ccc(O)c(O)c2)[C@H](O)[C@@H](O)[C@@H]1O. The van der Waals surface area contributed by atoms with Crippen molar-refractivity contribution in [3.63, 3.8) is 0 Å². The van der Waals surface area contributed by atoms with Gasteiger partial charge in [0.05, 0.1) is 5.56 Å². The number of phenols is 3. The minimum absolute atomic E-state index is 0.000564. The van der Waals surface area contributed by atoms with Gasteiger partial charge >= 0.3 is 17.9 Å². The Hall–Kier alpha value is -5.03. The number of aliphatic hydroxyl groups is 3. The van der Waals surface area contributed by atoms with Crippen LogP contribution in [-0.2, 0) is 28.6 Å². The van der Waals surface area contributed by atoms with E-state index in [0.717, 1.165) is 24.3 Å². The van der Waals surface area contributed by atoms with E-state index in [4.69, 9.17) is 28.8 Å². The van der Waals surface area contributed by atoms with Crippen LogP contribution in [0.15, 0.2) is 47.9 Å². The van der Waals surface area contributed by atoms with E-state index < -0.39 is 85.0 Å². The third-order valence-corrected chi connectivity index (χ3v) is 6.69. The number of carbonyl (C=O) groups excluding carboxylic acids is 1. The average Bonchev–Trinajstić information content (AvgIpc) is 2.94. The van der Waals surface area contributed by atoms with Gasteiger partial charge in [0.1, 0.15) is 54.7 Å². The molecule has 3 aliphatic heterocycles. The smallest absolute Gasteiger partial charge is 0.371 e. The second-order valence-electron chi connectivity index (χ2n) is 9.64. The van der Waals surface area contributed by atoms with Gasteiger partial charge in [-0.2, -0.15) is 0 Å². The van der Waals surface area contributed by atoms with Gasteiger partial charge in [-0.25, -0.2) is 4.79 Å². The highest BCUT2D eigenvalue weighted by molar-refractivity contribution is 5.95. The van der Waals surface area contributed by atoms with Crippen molar-refractivity contribution in [2.75, 3.05) is 6.61 Å². The Kier molecular flexibility index (Phi) is 7.76. The lowest BCUT2D eigenvalue weighted by Crippen LogP contribution is -2.59. The van der Waals surface area contributed by atoms with Crippen molar-refractivity contribution >= 4 is 23.5 Å². The van der Waals surface area contributed by atoms with Crippen LogP contribution in [0.25, 0.3) is 5.57 Å². The van der Waals surface area contributed by atoms with Gasteiger partial charge in [0.25, 0.3) is 0 Å². The van der Waals surface area contributed by atoms with Crippen LogP contribution in [-0.4, -0.2) is 96.1 Å². The Labute approximate surface area is 240 Å². The number of aliphatic carboxylic acids is 2. The lowest BCUT2D eigenvalue weighted by molar-refractivity contribution is -0.294. The molecule has 8 N–H and O–H groups in total. The van der Waals surface area contributed by atoms with Crippen molar-refractivity contribution in [1.29, 1.82) is 0 Å². The topological polar surface area (TPSA) is 259 Å². The zero-order valence-electron chi connectivity index (χ0n) is 21.7. The predicted molar refractivity (Wildman–Crippen MR) is 135 cm³/mol. The molecule has 0 aromatic heterocycles. The summed E-state index contributed by atoms with van der Waals surface area (Å²) in [6.07, 6.45) is -10.3. The first-order valence-corrected chi connectivity index (χ1v) is 12.5. The van der Waals surface area contributed by atoms with E-state index in [1.54, 1.807) is 0 Å². The summed E-state index contributed by atoms with van der Waals surface area (Å²) in [6.45, 7) is -0.738. The predicted octanol–water partition coefficient (Wildman–Crippen LogP) is -0.149. The maximum atomic E-state index is 11.9. The molecule has 1 saturated heterocycles. The highest BCUT2D eigenvalue weighted by Crippen LogP contribution is 2.52. The van der Waals surface area contributed by atoms with E-state index in [1.165, 1.54) is 12.1 Å². The van der Waals surface area contributed by atoms with Gasteiger partial charge in [-0.3, -0.25) is 9.59 Å². The summed E-state index contributed by atoms with van der Waals surface area (Å²) >= 11 is 0. The normalized spacial score (nSPS) is 25.9. The number of carboxylic acids is 2. The molecule has 0 saturated carbocycles. The number of carboxylic acid groups (broad SMARTS) is 2. The van der Waals surface area contributed by atoms with Gasteiger partial charge in [-0.1, -0.05) is 6.07 Å². The molecule has 0 aliphatic carbocycles. The van der Waals surface area contributed by atoms with Crippen molar-refractivity contribution < 1.29 is 78.9 Å². The van der Waals surface area contributed by atoms with E-state index in [2.05, 4.69) is 0 Å².